The van der Waals surface area contributed by atoms with Gasteiger partial charge in [0, 0.05) is 5.70 Å². The Labute approximate surface area is 172 Å². The number of carbonyl (C=O) groups excluding carboxylic acids is 1. The predicted octanol–water partition coefficient (Wildman–Crippen LogP) is 4.52. The zero-order valence-corrected chi connectivity index (χ0v) is 17.5. The summed E-state index contributed by atoms with van der Waals surface area (Å²) in [7, 11) is 0. The lowest BCUT2D eigenvalue weighted by molar-refractivity contribution is -0.140. The molecule has 0 saturated carbocycles. The summed E-state index contributed by atoms with van der Waals surface area (Å²) in [5.74, 6) is -0.353. The molecule has 4 nitrogen and oxygen atoms in total. The molecule has 1 atom stereocenters. The highest BCUT2D eigenvalue weighted by Gasteiger charge is 2.31. The van der Waals surface area contributed by atoms with Gasteiger partial charge in [0.1, 0.15) is 6.61 Å². The monoisotopic (exact) mass is 394 g/mol. The van der Waals surface area contributed by atoms with Crippen LogP contribution in [0.4, 0.5) is 0 Å². The third-order valence-electron chi connectivity index (χ3n) is 4.81. The molecule has 2 aromatic carbocycles. The van der Waals surface area contributed by atoms with Crippen molar-refractivity contribution in [2.24, 2.45) is 0 Å². The smallest absolute Gasteiger partial charge is 0.338 e. The van der Waals surface area contributed by atoms with Crippen molar-refractivity contribution in [3.8, 4) is 0 Å². The quantitative estimate of drug-likeness (QED) is 0.590. The van der Waals surface area contributed by atoms with Crippen molar-refractivity contribution >= 4 is 23.3 Å². The fourth-order valence-corrected chi connectivity index (χ4v) is 3.46. The van der Waals surface area contributed by atoms with Crippen molar-refractivity contribution in [1.29, 1.82) is 0 Å². The topological polar surface area (TPSA) is 50.4 Å². The van der Waals surface area contributed by atoms with Crippen LogP contribution >= 0.6 is 12.2 Å². The van der Waals surface area contributed by atoms with Gasteiger partial charge in [-0.25, -0.2) is 4.79 Å². The summed E-state index contributed by atoms with van der Waals surface area (Å²) in [4.78, 5) is 12.9. The average molecular weight is 395 g/mol. The number of carbonyl (C=O) groups is 1. The Bertz CT molecular complexity index is 896. The minimum absolute atomic E-state index is 0.0680. The van der Waals surface area contributed by atoms with E-state index in [2.05, 4.69) is 43.5 Å². The van der Waals surface area contributed by atoms with Gasteiger partial charge in [-0.05, 0) is 41.2 Å². The van der Waals surface area contributed by atoms with Crippen molar-refractivity contribution < 1.29 is 9.53 Å². The summed E-state index contributed by atoms with van der Waals surface area (Å²) in [6.07, 6.45) is 0. The second-order valence-electron chi connectivity index (χ2n) is 8.00. The first kappa shape index (κ1) is 20.1. The fourth-order valence-electron chi connectivity index (χ4n) is 3.19. The van der Waals surface area contributed by atoms with E-state index in [1.807, 2.05) is 49.4 Å². The van der Waals surface area contributed by atoms with Crippen molar-refractivity contribution in [3.05, 3.63) is 82.6 Å². The van der Waals surface area contributed by atoms with Gasteiger partial charge < -0.3 is 15.4 Å². The summed E-state index contributed by atoms with van der Waals surface area (Å²) < 4.78 is 5.58. The van der Waals surface area contributed by atoms with Gasteiger partial charge in [-0.1, -0.05) is 75.4 Å². The van der Waals surface area contributed by atoms with Crippen molar-refractivity contribution in [2.45, 2.75) is 45.8 Å². The second-order valence-corrected chi connectivity index (χ2v) is 8.41. The van der Waals surface area contributed by atoms with Gasteiger partial charge in [-0.2, -0.15) is 0 Å². The lowest BCUT2D eigenvalue weighted by Gasteiger charge is -2.30. The van der Waals surface area contributed by atoms with Gasteiger partial charge in [0.15, 0.2) is 5.11 Å². The van der Waals surface area contributed by atoms with E-state index >= 15 is 0 Å². The van der Waals surface area contributed by atoms with Gasteiger partial charge in [0.05, 0.1) is 11.6 Å². The number of nitrogens with one attached hydrogen (secondary N) is 2. The first-order valence-corrected chi connectivity index (χ1v) is 9.76. The molecular weight excluding hydrogens is 368 g/mol. The summed E-state index contributed by atoms with van der Waals surface area (Å²) in [5, 5.41) is 6.76. The molecule has 0 fully saturated rings. The van der Waals surface area contributed by atoms with Gasteiger partial charge in [-0.15, -0.1) is 0 Å². The van der Waals surface area contributed by atoms with E-state index in [9.17, 15) is 4.79 Å². The molecule has 1 aliphatic heterocycles. The SMILES string of the molecule is CC1=C(C(=O)OCc2ccccc2)[C@H](c2ccc(C(C)(C)C)cc2)NC(=S)N1. The maximum absolute atomic E-state index is 12.9. The molecule has 28 heavy (non-hydrogen) atoms. The van der Waals surface area contributed by atoms with Crippen molar-refractivity contribution in [2.75, 3.05) is 0 Å². The van der Waals surface area contributed by atoms with Crippen LogP contribution in [0.15, 0.2) is 65.9 Å². The predicted molar refractivity (Wildman–Crippen MR) is 116 cm³/mol. The molecule has 146 valence electrons. The Kier molecular flexibility index (Phi) is 5.84. The maximum atomic E-state index is 12.9. The molecule has 0 unspecified atom stereocenters. The van der Waals surface area contributed by atoms with Crippen LogP contribution in [0.5, 0.6) is 0 Å². The van der Waals surface area contributed by atoms with E-state index in [0.29, 0.717) is 16.4 Å². The number of benzene rings is 2. The standard InChI is InChI=1S/C23H26N2O2S/c1-15-19(21(26)27-14-16-8-6-5-7-9-16)20(25-22(28)24-15)17-10-12-18(13-11-17)23(2,3)4/h5-13,20H,14H2,1-4H3,(H2,24,25,28)/t20-/m0/s1. The third-order valence-corrected chi connectivity index (χ3v) is 5.03. The Morgan fingerprint density at radius 1 is 1.07 bits per heavy atom. The third kappa shape index (κ3) is 4.60. The molecule has 1 heterocycles. The zero-order chi connectivity index (χ0) is 20.3. The van der Waals surface area contributed by atoms with Gasteiger partial charge in [0.25, 0.3) is 0 Å². The van der Waals surface area contributed by atoms with Crippen molar-refractivity contribution in [3.63, 3.8) is 0 Å². The Morgan fingerprint density at radius 3 is 2.32 bits per heavy atom. The molecule has 1 aliphatic rings. The van der Waals surface area contributed by atoms with Crippen LogP contribution in [0.3, 0.4) is 0 Å². The molecule has 0 saturated heterocycles. The van der Waals surface area contributed by atoms with Crippen LogP contribution in [0.1, 0.15) is 50.4 Å². The molecular formula is C23H26N2O2S. The number of esters is 1. The fraction of sp³-hybridized carbons (Fsp3) is 0.304. The van der Waals surface area contributed by atoms with Crippen molar-refractivity contribution in [1.82, 2.24) is 10.6 Å². The number of hydrogen-bond donors (Lipinski definition) is 2. The number of rotatable bonds is 4. The molecule has 0 amide bonds. The van der Waals surface area contributed by atoms with Gasteiger partial charge >= 0.3 is 5.97 Å². The molecule has 2 N–H and O–H groups in total. The minimum Gasteiger partial charge on any atom is -0.457 e. The van der Waals surface area contributed by atoms with Crippen LogP contribution in [-0.2, 0) is 21.6 Å². The molecule has 3 rings (SSSR count). The highest BCUT2D eigenvalue weighted by Crippen LogP contribution is 2.30. The van der Waals surface area contributed by atoms with E-state index < -0.39 is 0 Å². The number of allylic oxidation sites excluding steroid dienone is 1. The first-order valence-electron chi connectivity index (χ1n) is 9.35. The van der Waals surface area contributed by atoms with E-state index in [1.165, 1.54) is 5.56 Å². The Morgan fingerprint density at radius 2 is 1.71 bits per heavy atom. The van der Waals surface area contributed by atoms with E-state index in [0.717, 1.165) is 11.1 Å². The number of thiocarbonyl (C=S) groups is 1. The molecule has 5 heteroatoms. The van der Waals surface area contributed by atoms with E-state index in [4.69, 9.17) is 17.0 Å². The highest BCUT2D eigenvalue weighted by molar-refractivity contribution is 7.80. The summed E-state index contributed by atoms with van der Waals surface area (Å²) >= 11 is 5.32. The largest absolute Gasteiger partial charge is 0.457 e. The molecule has 0 radical (unpaired) electrons. The lowest BCUT2D eigenvalue weighted by atomic mass is 9.85. The summed E-state index contributed by atoms with van der Waals surface area (Å²) in [6.45, 7) is 8.61. The van der Waals surface area contributed by atoms with Gasteiger partial charge in [0.2, 0.25) is 0 Å². The normalized spacial score (nSPS) is 17.0. The van der Waals surface area contributed by atoms with Crippen LogP contribution in [0.25, 0.3) is 0 Å². The lowest BCUT2D eigenvalue weighted by Crippen LogP contribution is -2.45. The highest BCUT2D eigenvalue weighted by atomic mass is 32.1. The molecule has 0 aromatic heterocycles. The van der Waals surface area contributed by atoms with Crippen LogP contribution in [-0.4, -0.2) is 11.1 Å². The number of hydrogen-bond acceptors (Lipinski definition) is 3. The van der Waals surface area contributed by atoms with E-state index in [1.54, 1.807) is 0 Å². The van der Waals surface area contributed by atoms with E-state index in [-0.39, 0.29) is 24.0 Å². The van der Waals surface area contributed by atoms with Gasteiger partial charge in [-0.3, -0.25) is 0 Å². The maximum Gasteiger partial charge on any atom is 0.338 e. The Hall–Kier alpha value is -2.66. The van der Waals surface area contributed by atoms with Crippen LogP contribution in [0.2, 0.25) is 0 Å². The summed E-state index contributed by atoms with van der Waals surface area (Å²) in [5.41, 5.74) is 4.50. The average Bonchev–Trinajstić information content (AvgIpc) is 2.66. The second kappa shape index (κ2) is 8.15. The first-order chi connectivity index (χ1) is 13.3. The summed E-state index contributed by atoms with van der Waals surface area (Å²) in [6, 6.07) is 17.6. The van der Waals surface area contributed by atoms with Crippen LogP contribution < -0.4 is 10.6 Å². The zero-order valence-electron chi connectivity index (χ0n) is 16.7. The molecule has 0 aliphatic carbocycles. The molecule has 2 aromatic rings. The van der Waals surface area contributed by atoms with Crippen LogP contribution in [0, 0.1) is 0 Å². The Balaban J connectivity index is 1.85. The molecule has 0 bridgehead atoms. The molecule has 0 spiro atoms. The minimum atomic E-state index is -0.353. The number of ether oxygens (including phenoxy) is 1.